The number of carboxylic acid groups (broad SMARTS) is 1. The topological polar surface area (TPSA) is 83.8 Å². The van der Waals surface area contributed by atoms with E-state index in [4.69, 9.17) is 4.74 Å². The van der Waals surface area contributed by atoms with Crippen LogP contribution in [0.5, 0.6) is 11.5 Å². The number of aryl methyl sites for hydroxylation is 3. The number of phenols is 1. The van der Waals surface area contributed by atoms with E-state index in [1.165, 1.54) is 13.8 Å². The number of alkyl halides is 3. The van der Waals surface area contributed by atoms with Crippen LogP contribution in [-0.2, 0) is 17.4 Å². The normalized spacial score (nSPS) is 12.0. The summed E-state index contributed by atoms with van der Waals surface area (Å²) in [6.45, 7) is 6.40. The largest absolute Gasteiger partial charge is 0.507 e. The summed E-state index contributed by atoms with van der Waals surface area (Å²) in [4.78, 5) is 23.7. The Kier molecular flexibility index (Phi) is 6.49. The fraction of sp³-hybridized carbons (Fsp3) is 0.364. The number of carbonyl (C=O) groups is 2. The molecule has 5 nitrogen and oxygen atoms in total. The summed E-state index contributed by atoms with van der Waals surface area (Å²) < 4.78 is 43.7. The molecule has 0 saturated carbocycles. The molecule has 0 atom stereocenters. The van der Waals surface area contributed by atoms with E-state index in [2.05, 4.69) is 0 Å². The third-order valence-corrected chi connectivity index (χ3v) is 4.66. The van der Waals surface area contributed by atoms with Crippen molar-refractivity contribution in [3.63, 3.8) is 0 Å². The van der Waals surface area contributed by atoms with Gasteiger partial charge < -0.3 is 14.9 Å². The highest BCUT2D eigenvalue weighted by molar-refractivity contribution is 5.98. The molecular formula is C22H23F3O5. The van der Waals surface area contributed by atoms with E-state index < -0.39 is 34.8 Å². The number of benzene rings is 2. The number of carbonyl (C=O) groups excluding carboxylic acids is 1. The minimum absolute atomic E-state index is 0.0153. The van der Waals surface area contributed by atoms with Crippen molar-refractivity contribution in [1.82, 2.24) is 0 Å². The molecule has 0 fully saturated rings. The summed E-state index contributed by atoms with van der Waals surface area (Å²) in [5, 5.41) is 19.0. The number of carboxylic acids is 1. The van der Waals surface area contributed by atoms with Crippen LogP contribution in [0, 0.1) is 13.8 Å². The van der Waals surface area contributed by atoms with Crippen LogP contribution < -0.4 is 4.74 Å². The summed E-state index contributed by atoms with van der Waals surface area (Å²) in [5.41, 5.74) is -0.423. The summed E-state index contributed by atoms with van der Waals surface area (Å²) in [6.07, 6.45) is -4.32. The molecule has 0 amide bonds. The molecular weight excluding hydrogens is 401 g/mol. The van der Waals surface area contributed by atoms with Gasteiger partial charge >= 0.3 is 12.1 Å². The average molecular weight is 424 g/mol. The van der Waals surface area contributed by atoms with Crippen molar-refractivity contribution < 1.29 is 37.7 Å². The van der Waals surface area contributed by atoms with Gasteiger partial charge in [0.25, 0.3) is 0 Å². The van der Waals surface area contributed by atoms with E-state index in [0.29, 0.717) is 29.4 Å². The maximum absolute atomic E-state index is 12.7. The second kappa shape index (κ2) is 8.38. The highest BCUT2D eigenvalue weighted by Crippen LogP contribution is 2.33. The predicted octanol–water partition coefficient (Wildman–Crippen LogP) is 5.09. The first-order valence-electron chi connectivity index (χ1n) is 9.18. The smallest absolute Gasteiger partial charge is 0.416 e. The lowest BCUT2D eigenvalue weighted by molar-refractivity contribution is -0.152. The SMILES string of the molecule is Cc1cc(CCC(=O)c2ccc(C(F)(F)F)cc2O)cc(C)c1OC(C)(C)C(=O)O. The van der Waals surface area contributed by atoms with Gasteiger partial charge in [0, 0.05) is 6.42 Å². The Morgan fingerprint density at radius 2 is 1.60 bits per heavy atom. The first-order chi connectivity index (χ1) is 13.7. The second-order valence-corrected chi connectivity index (χ2v) is 7.63. The number of ketones is 1. The number of halogens is 3. The zero-order chi connectivity index (χ0) is 22.9. The monoisotopic (exact) mass is 424 g/mol. The number of phenolic OH excluding ortho intramolecular Hbond substituents is 1. The molecule has 2 aromatic rings. The Morgan fingerprint density at radius 3 is 2.07 bits per heavy atom. The predicted molar refractivity (Wildman–Crippen MR) is 104 cm³/mol. The van der Waals surface area contributed by atoms with Gasteiger partial charge in [0.2, 0.25) is 0 Å². The molecule has 0 saturated heterocycles. The maximum atomic E-state index is 12.7. The Labute approximate surface area is 172 Å². The van der Waals surface area contributed by atoms with Gasteiger partial charge in [-0.05, 0) is 69.0 Å². The van der Waals surface area contributed by atoms with Crippen LogP contribution in [0.1, 0.15) is 52.9 Å². The molecule has 30 heavy (non-hydrogen) atoms. The number of aromatic hydroxyl groups is 1. The molecule has 0 aromatic heterocycles. The highest BCUT2D eigenvalue weighted by atomic mass is 19.4. The standard InChI is InChI=1S/C22H23F3O5/c1-12-9-14(10-13(2)19(12)30-21(3,4)20(28)29)5-8-17(26)16-7-6-15(11-18(16)27)22(23,24)25/h6-7,9-11,27H,5,8H2,1-4H3,(H,28,29). The summed E-state index contributed by atoms with van der Waals surface area (Å²) in [6, 6.07) is 5.80. The molecule has 0 radical (unpaired) electrons. The minimum atomic E-state index is -4.60. The van der Waals surface area contributed by atoms with Crippen LogP contribution in [0.3, 0.4) is 0 Å². The van der Waals surface area contributed by atoms with Gasteiger partial charge in [0.1, 0.15) is 11.5 Å². The van der Waals surface area contributed by atoms with E-state index in [-0.39, 0.29) is 12.0 Å². The number of Topliss-reactive ketones (excluding diaryl/α,β-unsaturated/α-hetero) is 1. The molecule has 8 heteroatoms. The van der Waals surface area contributed by atoms with E-state index >= 15 is 0 Å². The van der Waals surface area contributed by atoms with Crippen LogP contribution >= 0.6 is 0 Å². The van der Waals surface area contributed by atoms with Crippen LogP contribution in [-0.4, -0.2) is 27.6 Å². The molecule has 2 rings (SSSR count). The molecule has 0 unspecified atom stereocenters. The molecule has 0 bridgehead atoms. The van der Waals surface area contributed by atoms with E-state index in [1.54, 1.807) is 26.0 Å². The first-order valence-corrected chi connectivity index (χ1v) is 9.18. The van der Waals surface area contributed by atoms with Gasteiger partial charge in [-0.15, -0.1) is 0 Å². The zero-order valence-electron chi connectivity index (χ0n) is 17.1. The summed E-state index contributed by atoms with van der Waals surface area (Å²) in [7, 11) is 0. The molecule has 162 valence electrons. The van der Waals surface area contributed by atoms with Crippen LogP contribution in [0.25, 0.3) is 0 Å². The lowest BCUT2D eigenvalue weighted by Crippen LogP contribution is -2.38. The van der Waals surface area contributed by atoms with Crippen LogP contribution in [0.2, 0.25) is 0 Å². The summed E-state index contributed by atoms with van der Waals surface area (Å²) in [5.74, 6) is -1.85. The van der Waals surface area contributed by atoms with E-state index in [0.717, 1.165) is 17.7 Å². The molecule has 0 aliphatic rings. The fourth-order valence-electron chi connectivity index (χ4n) is 2.98. The number of rotatable bonds is 7. The summed E-state index contributed by atoms with van der Waals surface area (Å²) >= 11 is 0. The molecule has 2 aromatic carbocycles. The van der Waals surface area contributed by atoms with Crippen LogP contribution in [0.15, 0.2) is 30.3 Å². The van der Waals surface area contributed by atoms with Gasteiger partial charge in [0.15, 0.2) is 11.4 Å². The average Bonchev–Trinajstić information content (AvgIpc) is 2.61. The molecule has 2 N–H and O–H groups in total. The van der Waals surface area contributed by atoms with Crippen molar-refractivity contribution in [2.24, 2.45) is 0 Å². The van der Waals surface area contributed by atoms with Gasteiger partial charge in [-0.2, -0.15) is 13.2 Å². The zero-order valence-corrected chi connectivity index (χ0v) is 17.1. The Balaban J connectivity index is 2.15. The molecule has 0 aliphatic carbocycles. The third kappa shape index (κ3) is 5.31. The van der Waals surface area contributed by atoms with Crippen LogP contribution in [0.4, 0.5) is 13.2 Å². The maximum Gasteiger partial charge on any atom is 0.416 e. The third-order valence-electron chi connectivity index (χ3n) is 4.66. The van der Waals surface area contributed by atoms with Crippen molar-refractivity contribution in [2.45, 2.75) is 52.3 Å². The number of hydrogen-bond donors (Lipinski definition) is 2. The Bertz CT molecular complexity index is 954. The van der Waals surface area contributed by atoms with Crippen molar-refractivity contribution in [3.8, 4) is 11.5 Å². The van der Waals surface area contributed by atoms with Gasteiger partial charge in [-0.1, -0.05) is 12.1 Å². The van der Waals surface area contributed by atoms with Gasteiger partial charge in [-0.3, -0.25) is 4.79 Å². The minimum Gasteiger partial charge on any atom is -0.507 e. The van der Waals surface area contributed by atoms with Gasteiger partial charge in [-0.25, -0.2) is 4.79 Å². The Morgan fingerprint density at radius 1 is 1.03 bits per heavy atom. The van der Waals surface area contributed by atoms with Crippen molar-refractivity contribution in [3.05, 3.63) is 58.1 Å². The lowest BCUT2D eigenvalue weighted by atomic mass is 9.98. The molecule has 0 spiro atoms. The number of aliphatic carboxylic acids is 1. The van der Waals surface area contributed by atoms with Gasteiger partial charge in [0.05, 0.1) is 11.1 Å². The fourth-order valence-corrected chi connectivity index (χ4v) is 2.98. The Hall–Kier alpha value is -3.03. The molecule has 0 heterocycles. The highest BCUT2D eigenvalue weighted by Gasteiger charge is 2.32. The van der Waals surface area contributed by atoms with Crippen molar-refractivity contribution in [1.29, 1.82) is 0 Å². The number of ether oxygens (including phenoxy) is 1. The lowest BCUT2D eigenvalue weighted by Gasteiger charge is -2.24. The number of hydrogen-bond acceptors (Lipinski definition) is 4. The van der Waals surface area contributed by atoms with Crippen molar-refractivity contribution >= 4 is 11.8 Å². The second-order valence-electron chi connectivity index (χ2n) is 7.63. The van der Waals surface area contributed by atoms with Crippen molar-refractivity contribution in [2.75, 3.05) is 0 Å². The first kappa shape index (κ1) is 23.3. The van der Waals surface area contributed by atoms with E-state index in [1.807, 2.05) is 0 Å². The van der Waals surface area contributed by atoms with E-state index in [9.17, 15) is 33.0 Å². The molecule has 0 aliphatic heterocycles. The quantitative estimate of drug-likeness (QED) is 0.605.